The predicted octanol–water partition coefficient (Wildman–Crippen LogP) is 4.05. The Labute approximate surface area is 166 Å². The molecular formula is C22H28ClN3O. The lowest BCUT2D eigenvalue weighted by molar-refractivity contribution is 0.186. The van der Waals surface area contributed by atoms with Gasteiger partial charge in [-0.1, -0.05) is 24.6 Å². The highest BCUT2D eigenvalue weighted by molar-refractivity contribution is 6.30. The molecular weight excluding hydrogens is 358 g/mol. The predicted molar refractivity (Wildman–Crippen MR) is 112 cm³/mol. The maximum absolute atomic E-state index is 12.1. The van der Waals surface area contributed by atoms with Crippen LogP contribution in [0, 0.1) is 0 Å². The van der Waals surface area contributed by atoms with Crippen molar-refractivity contribution in [2.45, 2.75) is 44.6 Å². The molecule has 0 radical (unpaired) electrons. The number of aromatic nitrogens is 1. The van der Waals surface area contributed by atoms with Crippen LogP contribution in [0.15, 0.2) is 41.2 Å². The number of hydrogen-bond acceptors (Lipinski definition) is 3. The van der Waals surface area contributed by atoms with Crippen LogP contribution in [0.3, 0.4) is 0 Å². The summed E-state index contributed by atoms with van der Waals surface area (Å²) in [6.07, 6.45) is 4.34. The van der Waals surface area contributed by atoms with Gasteiger partial charge in [0.05, 0.1) is 0 Å². The quantitative estimate of drug-likeness (QED) is 0.862. The molecule has 27 heavy (non-hydrogen) atoms. The summed E-state index contributed by atoms with van der Waals surface area (Å²) in [5, 5.41) is 0.791. The van der Waals surface area contributed by atoms with Crippen LogP contribution < -0.4 is 10.5 Å². The first kappa shape index (κ1) is 18.6. The molecule has 1 saturated heterocycles. The van der Waals surface area contributed by atoms with Crippen LogP contribution in [-0.2, 0) is 6.42 Å². The minimum Gasteiger partial charge on any atom is -0.369 e. The van der Waals surface area contributed by atoms with Crippen molar-refractivity contribution >= 4 is 17.3 Å². The fourth-order valence-electron chi connectivity index (χ4n) is 4.60. The van der Waals surface area contributed by atoms with E-state index in [1.807, 2.05) is 25.1 Å². The van der Waals surface area contributed by atoms with Crippen LogP contribution in [0.4, 0.5) is 5.69 Å². The molecule has 144 valence electrons. The van der Waals surface area contributed by atoms with Crippen molar-refractivity contribution in [3.05, 3.63) is 63.0 Å². The minimum atomic E-state index is 0.0926. The van der Waals surface area contributed by atoms with Gasteiger partial charge in [-0.15, -0.1) is 0 Å². The molecule has 2 fully saturated rings. The van der Waals surface area contributed by atoms with Gasteiger partial charge in [0.15, 0.2) is 0 Å². The Morgan fingerprint density at radius 2 is 1.78 bits per heavy atom. The second-order valence-corrected chi connectivity index (χ2v) is 8.22. The highest BCUT2D eigenvalue weighted by atomic mass is 35.5. The van der Waals surface area contributed by atoms with Gasteiger partial charge in [0.25, 0.3) is 5.56 Å². The van der Waals surface area contributed by atoms with E-state index in [-0.39, 0.29) is 5.56 Å². The van der Waals surface area contributed by atoms with Crippen molar-refractivity contribution < 1.29 is 0 Å². The molecule has 1 aliphatic carbocycles. The largest absolute Gasteiger partial charge is 0.369 e. The number of nitrogens with zero attached hydrogens (tertiary/aromatic N) is 2. The monoisotopic (exact) mass is 385 g/mol. The van der Waals surface area contributed by atoms with Crippen LogP contribution in [-0.4, -0.2) is 42.1 Å². The fourth-order valence-corrected chi connectivity index (χ4v) is 4.73. The van der Waals surface area contributed by atoms with Crippen molar-refractivity contribution in [1.82, 2.24) is 9.88 Å². The standard InChI is InChI=1S/C22H28ClN3O/c1-2-16-4-10-21(24-22(16)27)17-3-7-20(15-17)26-13-11-25(12-14-26)19-8-5-18(23)6-9-19/h4-6,8-10,17,20H,2-3,7,11-15H2,1H3,(H,24,27). The highest BCUT2D eigenvalue weighted by Crippen LogP contribution is 2.36. The summed E-state index contributed by atoms with van der Waals surface area (Å²) in [6.45, 7) is 6.35. The number of aryl methyl sites for hydroxylation is 1. The number of halogens is 1. The number of pyridine rings is 1. The molecule has 1 aliphatic heterocycles. The van der Waals surface area contributed by atoms with Gasteiger partial charge < -0.3 is 9.88 Å². The molecule has 0 spiro atoms. The first-order chi connectivity index (χ1) is 13.1. The molecule has 0 amide bonds. The Kier molecular flexibility index (Phi) is 5.55. The fraction of sp³-hybridized carbons (Fsp3) is 0.500. The van der Waals surface area contributed by atoms with Crippen LogP contribution in [0.25, 0.3) is 0 Å². The molecule has 1 aromatic carbocycles. The third-order valence-corrected chi connectivity index (χ3v) is 6.51. The van der Waals surface area contributed by atoms with E-state index in [0.29, 0.717) is 12.0 Å². The summed E-state index contributed by atoms with van der Waals surface area (Å²) < 4.78 is 0. The lowest BCUT2D eigenvalue weighted by atomic mass is 10.0. The highest BCUT2D eigenvalue weighted by Gasteiger charge is 2.32. The van der Waals surface area contributed by atoms with Crippen LogP contribution in [0.1, 0.15) is 43.4 Å². The van der Waals surface area contributed by atoms with Gasteiger partial charge in [-0.3, -0.25) is 9.69 Å². The molecule has 2 unspecified atom stereocenters. The number of benzene rings is 1. The van der Waals surface area contributed by atoms with E-state index in [1.54, 1.807) is 0 Å². The molecule has 1 saturated carbocycles. The maximum atomic E-state index is 12.1. The molecule has 2 aliphatic rings. The number of piperazine rings is 1. The third kappa shape index (κ3) is 4.07. The summed E-state index contributed by atoms with van der Waals surface area (Å²) in [6, 6.07) is 12.9. The van der Waals surface area contributed by atoms with Gasteiger partial charge >= 0.3 is 0 Å². The topological polar surface area (TPSA) is 39.3 Å². The number of rotatable bonds is 4. The molecule has 0 bridgehead atoms. The number of nitrogens with one attached hydrogen (secondary N) is 1. The molecule has 2 atom stereocenters. The van der Waals surface area contributed by atoms with Crippen molar-refractivity contribution in [1.29, 1.82) is 0 Å². The van der Waals surface area contributed by atoms with Crippen molar-refractivity contribution in [2.24, 2.45) is 0 Å². The summed E-state index contributed by atoms with van der Waals surface area (Å²) in [5.74, 6) is 0.489. The average molecular weight is 386 g/mol. The van der Waals surface area contributed by atoms with Gasteiger partial charge in [0, 0.05) is 60.1 Å². The average Bonchev–Trinajstić information content (AvgIpc) is 3.19. The van der Waals surface area contributed by atoms with E-state index in [4.69, 9.17) is 11.6 Å². The first-order valence-corrected chi connectivity index (χ1v) is 10.5. The zero-order valence-corrected chi connectivity index (χ0v) is 16.7. The van der Waals surface area contributed by atoms with E-state index in [0.717, 1.165) is 55.3 Å². The van der Waals surface area contributed by atoms with Crippen molar-refractivity contribution in [3.63, 3.8) is 0 Å². The molecule has 4 rings (SSSR count). The second kappa shape index (κ2) is 8.07. The van der Waals surface area contributed by atoms with E-state index in [9.17, 15) is 4.79 Å². The van der Waals surface area contributed by atoms with Crippen molar-refractivity contribution in [3.8, 4) is 0 Å². The normalized spacial score (nSPS) is 23.7. The molecule has 1 N–H and O–H groups in total. The number of aromatic amines is 1. The van der Waals surface area contributed by atoms with Crippen molar-refractivity contribution in [2.75, 3.05) is 31.1 Å². The zero-order chi connectivity index (χ0) is 18.8. The van der Waals surface area contributed by atoms with E-state index in [2.05, 4.69) is 33.0 Å². The lowest BCUT2D eigenvalue weighted by Crippen LogP contribution is -2.49. The Hall–Kier alpha value is -1.78. The molecule has 5 heteroatoms. The van der Waals surface area contributed by atoms with Crippen LogP contribution >= 0.6 is 11.6 Å². The summed E-state index contributed by atoms with van der Waals surface area (Å²) in [7, 11) is 0. The minimum absolute atomic E-state index is 0.0926. The van der Waals surface area contributed by atoms with Gasteiger partial charge in [0.2, 0.25) is 0 Å². The Morgan fingerprint density at radius 1 is 1.04 bits per heavy atom. The van der Waals surface area contributed by atoms with Gasteiger partial charge in [0.1, 0.15) is 0 Å². The molecule has 1 aromatic heterocycles. The molecule has 4 nitrogen and oxygen atoms in total. The number of H-pyrrole nitrogens is 1. The third-order valence-electron chi connectivity index (χ3n) is 6.26. The van der Waals surface area contributed by atoms with Crippen LogP contribution in [0.2, 0.25) is 5.02 Å². The van der Waals surface area contributed by atoms with Gasteiger partial charge in [-0.25, -0.2) is 0 Å². The molecule has 2 heterocycles. The molecule has 2 aromatic rings. The second-order valence-electron chi connectivity index (χ2n) is 7.78. The summed E-state index contributed by atoms with van der Waals surface area (Å²) in [5.41, 5.74) is 3.36. The Balaban J connectivity index is 1.34. The number of hydrogen-bond donors (Lipinski definition) is 1. The van der Waals surface area contributed by atoms with Gasteiger partial charge in [-0.2, -0.15) is 0 Å². The summed E-state index contributed by atoms with van der Waals surface area (Å²) in [4.78, 5) is 20.3. The number of anilines is 1. The SMILES string of the molecule is CCc1ccc(C2CCC(N3CCN(c4ccc(Cl)cc4)CC3)C2)[nH]c1=O. The van der Waals surface area contributed by atoms with Crippen LogP contribution in [0.5, 0.6) is 0 Å². The summed E-state index contributed by atoms with van der Waals surface area (Å²) >= 11 is 6.00. The van der Waals surface area contributed by atoms with E-state index in [1.165, 1.54) is 18.5 Å². The Morgan fingerprint density at radius 3 is 2.44 bits per heavy atom. The Bertz CT molecular complexity index is 824. The smallest absolute Gasteiger partial charge is 0.251 e. The van der Waals surface area contributed by atoms with Gasteiger partial charge in [-0.05, 0) is 56.0 Å². The maximum Gasteiger partial charge on any atom is 0.251 e. The lowest BCUT2D eigenvalue weighted by Gasteiger charge is -2.39. The zero-order valence-electron chi connectivity index (χ0n) is 16.0. The van der Waals surface area contributed by atoms with E-state index < -0.39 is 0 Å². The van der Waals surface area contributed by atoms with E-state index >= 15 is 0 Å². The first-order valence-electron chi connectivity index (χ1n) is 10.1.